The van der Waals surface area contributed by atoms with Crippen molar-refractivity contribution in [2.75, 3.05) is 7.11 Å². The molecule has 0 aliphatic heterocycles. The van der Waals surface area contributed by atoms with Gasteiger partial charge < -0.3 is 4.74 Å². The second-order valence-electron chi connectivity index (χ2n) is 5.60. The van der Waals surface area contributed by atoms with E-state index in [9.17, 15) is 4.79 Å². The SMILES string of the molecule is COc1ccc2c(CCC3CCCC3=O)cccc2c1. The van der Waals surface area contributed by atoms with E-state index in [2.05, 4.69) is 30.3 Å². The first-order valence-electron chi connectivity index (χ1n) is 7.36. The first-order chi connectivity index (χ1) is 9.78. The summed E-state index contributed by atoms with van der Waals surface area (Å²) in [7, 11) is 1.69. The lowest BCUT2D eigenvalue weighted by Crippen LogP contribution is -2.07. The van der Waals surface area contributed by atoms with E-state index >= 15 is 0 Å². The van der Waals surface area contributed by atoms with Gasteiger partial charge in [0, 0.05) is 12.3 Å². The topological polar surface area (TPSA) is 26.3 Å². The zero-order chi connectivity index (χ0) is 13.9. The maximum atomic E-state index is 11.7. The lowest BCUT2D eigenvalue weighted by Gasteiger charge is -2.11. The van der Waals surface area contributed by atoms with Crippen LogP contribution in [0.2, 0.25) is 0 Å². The lowest BCUT2D eigenvalue weighted by atomic mass is 9.94. The Hall–Kier alpha value is -1.83. The molecule has 0 aromatic heterocycles. The summed E-state index contributed by atoms with van der Waals surface area (Å²) in [6.45, 7) is 0. The van der Waals surface area contributed by atoms with Gasteiger partial charge in [0.25, 0.3) is 0 Å². The molecule has 0 saturated heterocycles. The normalized spacial score (nSPS) is 18.6. The van der Waals surface area contributed by atoms with Crippen LogP contribution in [0.3, 0.4) is 0 Å². The molecule has 0 N–H and O–H groups in total. The molecule has 2 aromatic carbocycles. The van der Waals surface area contributed by atoms with Crippen LogP contribution in [0, 0.1) is 5.92 Å². The van der Waals surface area contributed by atoms with Crippen LogP contribution in [0.4, 0.5) is 0 Å². The van der Waals surface area contributed by atoms with Crippen LogP contribution in [-0.4, -0.2) is 12.9 Å². The second kappa shape index (κ2) is 5.66. The van der Waals surface area contributed by atoms with Crippen LogP contribution in [-0.2, 0) is 11.2 Å². The molecule has 2 heteroatoms. The number of rotatable bonds is 4. The third kappa shape index (κ3) is 2.55. The van der Waals surface area contributed by atoms with Gasteiger partial charge >= 0.3 is 0 Å². The van der Waals surface area contributed by atoms with Gasteiger partial charge in [-0.05, 0) is 54.2 Å². The molecule has 2 aromatic rings. The zero-order valence-electron chi connectivity index (χ0n) is 11.9. The van der Waals surface area contributed by atoms with E-state index < -0.39 is 0 Å². The highest BCUT2D eigenvalue weighted by molar-refractivity contribution is 5.87. The summed E-state index contributed by atoms with van der Waals surface area (Å²) < 4.78 is 5.27. The minimum absolute atomic E-state index is 0.295. The third-order valence-electron chi connectivity index (χ3n) is 4.37. The predicted octanol–water partition coefficient (Wildman–Crippen LogP) is 4.15. The number of ether oxygens (including phenoxy) is 1. The standard InChI is InChI=1S/C18H20O2/c1-20-16-10-11-17-13(4-2-6-15(17)12-16)8-9-14-5-3-7-18(14)19/h2,4,6,10-12,14H,3,5,7-9H2,1H3. The summed E-state index contributed by atoms with van der Waals surface area (Å²) in [5.41, 5.74) is 1.34. The molecule has 0 spiro atoms. The van der Waals surface area contributed by atoms with Crippen molar-refractivity contribution in [2.24, 2.45) is 5.92 Å². The van der Waals surface area contributed by atoms with Crippen molar-refractivity contribution in [3.8, 4) is 5.75 Å². The van der Waals surface area contributed by atoms with E-state index in [0.717, 1.165) is 37.9 Å². The van der Waals surface area contributed by atoms with E-state index in [-0.39, 0.29) is 0 Å². The molecule has 2 nitrogen and oxygen atoms in total. The molecular weight excluding hydrogens is 248 g/mol. The van der Waals surface area contributed by atoms with Crippen molar-refractivity contribution >= 4 is 16.6 Å². The third-order valence-corrected chi connectivity index (χ3v) is 4.37. The highest BCUT2D eigenvalue weighted by Crippen LogP contribution is 2.29. The molecule has 1 aliphatic rings. The summed E-state index contributed by atoms with van der Waals surface area (Å²) in [6, 6.07) is 12.6. The Morgan fingerprint density at radius 3 is 2.90 bits per heavy atom. The van der Waals surface area contributed by atoms with Crippen molar-refractivity contribution < 1.29 is 9.53 Å². The van der Waals surface area contributed by atoms with Crippen molar-refractivity contribution in [1.82, 2.24) is 0 Å². The Balaban J connectivity index is 1.82. The summed E-state index contributed by atoms with van der Waals surface area (Å²) in [5, 5.41) is 2.48. The quantitative estimate of drug-likeness (QED) is 0.832. The van der Waals surface area contributed by atoms with Gasteiger partial charge in [-0.25, -0.2) is 0 Å². The van der Waals surface area contributed by atoms with E-state index in [1.54, 1.807) is 7.11 Å². The first kappa shape index (κ1) is 13.2. The average molecular weight is 268 g/mol. The summed E-state index contributed by atoms with van der Waals surface area (Å²) >= 11 is 0. The molecule has 3 rings (SSSR count). The van der Waals surface area contributed by atoms with Gasteiger partial charge in [0.05, 0.1) is 7.11 Å². The molecule has 1 unspecified atom stereocenters. The predicted molar refractivity (Wildman–Crippen MR) is 81.2 cm³/mol. The number of Topliss-reactive ketones (excluding diaryl/α,β-unsaturated/α-hetero) is 1. The maximum Gasteiger partial charge on any atom is 0.135 e. The van der Waals surface area contributed by atoms with E-state index in [0.29, 0.717) is 11.7 Å². The van der Waals surface area contributed by atoms with Crippen LogP contribution in [0.5, 0.6) is 5.75 Å². The van der Waals surface area contributed by atoms with Crippen LogP contribution in [0.1, 0.15) is 31.2 Å². The number of ketones is 1. The molecule has 1 aliphatic carbocycles. The fraction of sp³-hybridized carbons (Fsp3) is 0.389. The van der Waals surface area contributed by atoms with Gasteiger partial charge in [-0.15, -0.1) is 0 Å². The number of benzene rings is 2. The van der Waals surface area contributed by atoms with Gasteiger partial charge in [0.2, 0.25) is 0 Å². The lowest BCUT2D eigenvalue weighted by molar-refractivity contribution is -0.120. The summed E-state index contributed by atoms with van der Waals surface area (Å²) in [6.07, 6.45) is 4.93. The number of hydrogen-bond donors (Lipinski definition) is 0. The molecule has 1 fully saturated rings. The smallest absolute Gasteiger partial charge is 0.135 e. The van der Waals surface area contributed by atoms with E-state index in [4.69, 9.17) is 4.74 Å². The van der Waals surface area contributed by atoms with E-state index in [1.165, 1.54) is 16.3 Å². The molecule has 1 saturated carbocycles. The number of hydrogen-bond acceptors (Lipinski definition) is 2. The molecule has 104 valence electrons. The number of fused-ring (bicyclic) bond motifs is 1. The van der Waals surface area contributed by atoms with Gasteiger partial charge in [0.15, 0.2) is 0 Å². The second-order valence-corrected chi connectivity index (χ2v) is 5.60. The maximum absolute atomic E-state index is 11.7. The Morgan fingerprint density at radius 1 is 1.25 bits per heavy atom. The minimum atomic E-state index is 0.295. The van der Waals surface area contributed by atoms with Gasteiger partial charge in [-0.1, -0.05) is 24.3 Å². The number of carbonyl (C=O) groups excluding carboxylic acids is 1. The average Bonchev–Trinajstić information content (AvgIpc) is 2.89. The van der Waals surface area contributed by atoms with Crippen molar-refractivity contribution in [3.05, 3.63) is 42.0 Å². The molecule has 0 heterocycles. The molecule has 20 heavy (non-hydrogen) atoms. The minimum Gasteiger partial charge on any atom is -0.497 e. The summed E-state index contributed by atoms with van der Waals surface area (Å²) in [5.74, 6) is 1.65. The van der Waals surface area contributed by atoms with Gasteiger partial charge in [-0.3, -0.25) is 4.79 Å². The van der Waals surface area contributed by atoms with E-state index in [1.807, 2.05) is 6.07 Å². The Bertz CT molecular complexity index is 630. The van der Waals surface area contributed by atoms with Gasteiger partial charge in [0.1, 0.15) is 11.5 Å². The highest BCUT2D eigenvalue weighted by atomic mass is 16.5. The van der Waals surface area contributed by atoms with Crippen molar-refractivity contribution in [1.29, 1.82) is 0 Å². The fourth-order valence-electron chi connectivity index (χ4n) is 3.20. The van der Waals surface area contributed by atoms with Crippen molar-refractivity contribution in [2.45, 2.75) is 32.1 Å². The van der Waals surface area contributed by atoms with Crippen LogP contribution < -0.4 is 4.74 Å². The molecule has 0 amide bonds. The Kier molecular flexibility index (Phi) is 3.72. The number of aryl methyl sites for hydroxylation is 1. The summed E-state index contributed by atoms with van der Waals surface area (Å²) in [4.78, 5) is 11.7. The largest absolute Gasteiger partial charge is 0.497 e. The number of carbonyl (C=O) groups is 1. The van der Waals surface area contributed by atoms with Crippen LogP contribution in [0.25, 0.3) is 10.8 Å². The van der Waals surface area contributed by atoms with Crippen LogP contribution in [0.15, 0.2) is 36.4 Å². The first-order valence-corrected chi connectivity index (χ1v) is 7.36. The number of methoxy groups -OCH3 is 1. The Labute approximate surface area is 119 Å². The van der Waals surface area contributed by atoms with Gasteiger partial charge in [-0.2, -0.15) is 0 Å². The molecule has 0 bridgehead atoms. The molecule has 0 radical (unpaired) electrons. The van der Waals surface area contributed by atoms with Crippen molar-refractivity contribution in [3.63, 3.8) is 0 Å². The molecular formula is C18H20O2. The highest BCUT2D eigenvalue weighted by Gasteiger charge is 2.23. The monoisotopic (exact) mass is 268 g/mol. The Morgan fingerprint density at radius 2 is 2.15 bits per heavy atom. The fourth-order valence-corrected chi connectivity index (χ4v) is 3.20. The molecule has 1 atom stereocenters. The van der Waals surface area contributed by atoms with Crippen LogP contribution >= 0.6 is 0 Å². The zero-order valence-corrected chi connectivity index (χ0v) is 11.9.